The van der Waals surface area contributed by atoms with E-state index in [0.29, 0.717) is 0 Å². The van der Waals surface area contributed by atoms with Crippen molar-refractivity contribution >= 4 is 5.97 Å². The van der Waals surface area contributed by atoms with Gasteiger partial charge in [0.15, 0.2) is 0 Å². The summed E-state index contributed by atoms with van der Waals surface area (Å²) >= 11 is 0. The summed E-state index contributed by atoms with van der Waals surface area (Å²) in [5, 5.41) is 9.45. The molecule has 0 radical (unpaired) electrons. The quantitative estimate of drug-likeness (QED) is 0.869. The fraction of sp³-hybridized carbons (Fsp3) is 0.571. The molecule has 0 saturated heterocycles. The van der Waals surface area contributed by atoms with Crippen LogP contribution < -0.4 is 0 Å². The molecule has 1 aliphatic carbocycles. The highest BCUT2D eigenvalue weighted by Crippen LogP contribution is 2.40. The Kier molecular flexibility index (Phi) is 3.77. The maximum atomic E-state index is 11.5. The van der Waals surface area contributed by atoms with Gasteiger partial charge in [-0.05, 0) is 43.4 Å². The maximum absolute atomic E-state index is 11.5. The van der Waals surface area contributed by atoms with Crippen molar-refractivity contribution in [3.63, 3.8) is 0 Å². The number of hydrogen-bond acceptors (Lipinski definition) is 2. The van der Waals surface area contributed by atoms with Crippen LogP contribution in [0, 0.1) is 5.41 Å². The molecule has 2 rings (SSSR count). The average molecular weight is 233 g/mol. The van der Waals surface area contributed by atoms with Gasteiger partial charge in [-0.2, -0.15) is 0 Å². The standard InChI is InChI=1S/C14H19NO2/c16-13(17)14(7-2-1-3-8-14)9-4-12-5-10-15-11-6-12/h5-6,10-11H,1-4,7-9H2,(H,16,17). The van der Waals surface area contributed by atoms with Gasteiger partial charge in [0.05, 0.1) is 5.41 Å². The monoisotopic (exact) mass is 233 g/mol. The Labute approximate surface area is 102 Å². The van der Waals surface area contributed by atoms with E-state index in [0.717, 1.165) is 38.5 Å². The summed E-state index contributed by atoms with van der Waals surface area (Å²) in [7, 11) is 0. The van der Waals surface area contributed by atoms with Crippen molar-refractivity contribution in [2.24, 2.45) is 5.41 Å². The molecule has 1 saturated carbocycles. The molecule has 0 spiro atoms. The lowest BCUT2D eigenvalue weighted by atomic mass is 9.71. The molecule has 17 heavy (non-hydrogen) atoms. The van der Waals surface area contributed by atoms with Crippen molar-refractivity contribution in [3.05, 3.63) is 30.1 Å². The lowest BCUT2D eigenvalue weighted by Gasteiger charge is -2.33. The van der Waals surface area contributed by atoms with Crippen LogP contribution in [-0.4, -0.2) is 16.1 Å². The van der Waals surface area contributed by atoms with E-state index < -0.39 is 11.4 Å². The highest BCUT2D eigenvalue weighted by molar-refractivity contribution is 5.74. The number of aryl methyl sites for hydroxylation is 1. The number of aliphatic carboxylic acids is 1. The molecule has 1 N–H and O–H groups in total. The molecule has 3 nitrogen and oxygen atoms in total. The van der Waals surface area contributed by atoms with Crippen LogP contribution in [0.2, 0.25) is 0 Å². The minimum absolute atomic E-state index is 0.471. The molecule has 1 heterocycles. The molecule has 3 heteroatoms. The van der Waals surface area contributed by atoms with E-state index >= 15 is 0 Å². The molecular formula is C14H19NO2. The number of carboxylic acids is 1. The van der Waals surface area contributed by atoms with E-state index in [1.54, 1.807) is 12.4 Å². The summed E-state index contributed by atoms with van der Waals surface area (Å²) in [6.07, 6.45) is 10.1. The van der Waals surface area contributed by atoms with Crippen molar-refractivity contribution in [1.82, 2.24) is 4.98 Å². The zero-order chi connectivity index (χ0) is 12.1. The third-order valence-electron chi connectivity index (χ3n) is 3.91. The van der Waals surface area contributed by atoms with Crippen LogP contribution in [0.1, 0.15) is 44.1 Å². The van der Waals surface area contributed by atoms with Crippen molar-refractivity contribution in [2.45, 2.75) is 44.9 Å². The van der Waals surface area contributed by atoms with Crippen LogP contribution in [0.3, 0.4) is 0 Å². The van der Waals surface area contributed by atoms with Crippen LogP contribution in [0.25, 0.3) is 0 Å². The summed E-state index contributed by atoms with van der Waals surface area (Å²) in [4.78, 5) is 15.5. The Bertz CT molecular complexity index is 369. The second-order valence-electron chi connectivity index (χ2n) is 5.00. The summed E-state index contributed by atoms with van der Waals surface area (Å²) in [5.74, 6) is -0.605. The molecule has 0 atom stereocenters. The predicted octanol–water partition coefficient (Wildman–Crippen LogP) is 3.05. The van der Waals surface area contributed by atoms with Crippen LogP contribution in [0.15, 0.2) is 24.5 Å². The normalized spacial score (nSPS) is 18.8. The van der Waals surface area contributed by atoms with Crippen LogP contribution in [0.5, 0.6) is 0 Å². The summed E-state index contributed by atoms with van der Waals surface area (Å²) in [5.41, 5.74) is 0.716. The molecule has 92 valence electrons. The molecule has 0 aromatic carbocycles. The number of carbonyl (C=O) groups is 1. The number of hydrogen-bond donors (Lipinski definition) is 1. The number of aromatic nitrogens is 1. The Morgan fingerprint density at radius 3 is 2.47 bits per heavy atom. The molecule has 1 aromatic heterocycles. The Hall–Kier alpha value is -1.38. The smallest absolute Gasteiger partial charge is 0.309 e. The Balaban J connectivity index is 2.01. The predicted molar refractivity (Wildman–Crippen MR) is 65.7 cm³/mol. The van der Waals surface area contributed by atoms with Gasteiger partial charge < -0.3 is 5.11 Å². The first-order chi connectivity index (χ1) is 8.23. The van der Waals surface area contributed by atoms with Gasteiger partial charge in [-0.25, -0.2) is 0 Å². The number of nitrogens with zero attached hydrogens (tertiary/aromatic N) is 1. The third kappa shape index (κ3) is 2.84. The van der Waals surface area contributed by atoms with Gasteiger partial charge in [-0.15, -0.1) is 0 Å². The zero-order valence-corrected chi connectivity index (χ0v) is 10.1. The molecule has 1 aliphatic rings. The van der Waals surface area contributed by atoms with Crippen molar-refractivity contribution in [3.8, 4) is 0 Å². The van der Waals surface area contributed by atoms with Gasteiger partial charge in [0.25, 0.3) is 0 Å². The van der Waals surface area contributed by atoms with Crippen molar-refractivity contribution in [2.75, 3.05) is 0 Å². The summed E-state index contributed by atoms with van der Waals surface area (Å²) in [6.45, 7) is 0. The fourth-order valence-corrected chi connectivity index (χ4v) is 2.73. The van der Waals surface area contributed by atoms with E-state index in [1.807, 2.05) is 12.1 Å². The van der Waals surface area contributed by atoms with Crippen molar-refractivity contribution < 1.29 is 9.90 Å². The molecule has 1 aromatic rings. The summed E-state index contributed by atoms with van der Waals surface area (Å²) < 4.78 is 0. The van der Waals surface area contributed by atoms with Gasteiger partial charge >= 0.3 is 5.97 Å². The lowest BCUT2D eigenvalue weighted by molar-refractivity contribution is -0.151. The van der Waals surface area contributed by atoms with Gasteiger partial charge in [-0.1, -0.05) is 19.3 Å². The van der Waals surface area contributed by atoms with Crippen molar-refractivity contribution in [1.29, 1.82) is 0 Å². The topological polar surface area (TPSA) is 50.2 Å². The number of pyridine rings is 1. The minimum atomic E-state index is -0.605. The third-order valence-corrected chi connectivity index (χ3v) is 3.91. The largest absolute Gasteiger partial charge is 0.481 e. The second kappa shape index (κ2) is 5.30. The molecular weight excluding hydrogens is 214 g/mol. The molecule has 0 bridgehead atoms. The van der Waals surface area contributed by atoms with Gasteiger partial charge in [-0.3, -0.25) is 9.78 Å². The van der Waals surface area contributed by atoms with Crippen LogP contribution in [0.4, 0.5) is 0 Å². The summed E-state index contributed by atoms with van der Waals surface area (Å²) in [6, 6.07) is 3.94. The zero-order valence-electron chi connectivity index (χ0n) is 10.1. The van der Waals surface area contributed by atoms with Gasteiger partial charge in [0.2, 0.25) is 0 Å². The molecule has 0 unspecified atom stereocenters. The molecule has 0 amide bonds. The van der Waals surface area contributed by atoms with Gasteiger partial charge in [0.1, 0.15) is 0 Å². The van der Waals surface area contributed by atoms with E-state index in [9.17, 15) is 9.90 Å². The van der Waals surface area contributed by atoms with Crippen LogP contribution in [-0.2, 0) is 11.2 Å². The highest BCUT2D eigenvalue weighted by Gasteiger charge is 2.38. The second-order valence-corrected chi connectivity index (χ2v) is 5.00. The highest BCUT2D eigenvalue weighted by atomic mass is 16.4. The molecule has 0 aliphatic heterocycles. The SMILES string of the molecule is O=C(O)C1(CCc2ccncc2)CCCCC1. The van der Waals surface area contributed by atoms with Gasteiger partial charge in [0, 0.05) is 12.4 Å². The van der Waals surface area contributed by atoms with E-state index in [4.69, 9.17) is 0 Å². The average Bonchev–Trinajstić information content (AvgIpc) is 2.38. The van der Waals surface area contributed by atoms with Crippen LogP contribution >= 0.6 is 0 Å². The lowest BCUT2D eigenvalue weighted by Crippen LogP contribution is -2.33. The van der Waals surface area contributed by atoms with E-state index in [-0.39, 0.29) is 0 Å². The minimum Gasteiger partial charge on any atom is -0.481 e. The fourth-order valence-electron chi connectivity index (χ4n) is 2.73. The Morgan fingerprint density at radius 2 is 1.88 bits per heavy atom. The number of carboxylic acid groups (broad SMARTS) is 1. The number of rotatable bonds is 4. The molecule has 1 fully saturated rings. The maximum Gasteiger partial charge on any atom is 0.309 e. The first kappa shape index (κ1) is 12.1. The van der Waals surface area contributed by atoms with E-state index in [2.05, 4.69) is 4.98 Å². The Morgan fingerprint density at radius 1 is 1.24 bits per heavy atom. The first-order valence-electron chi connectivity index (χ1n) is 6.35. The first-order valence-corrected chi connectivity index (χ1v) is 6.35. The van der Waals surface area contributed by atoms with E-state index in [1.165, 1.54) is 12.0 Å².